The standard InChI is InChI=1S/C23H17N5O3S/c1-13(29)25-21-23(31)28(18-12-19(20(24)30)32-22(18)26-21)16-8-7-14-9-10-27(17(14)11-16)15-5-3-2-4-6-15/h2-12H,1H3,(H2,24,30)(H,25,26,29). The van der Waals surface area contributed by atoms with Gasteiger partial charge in [-0.2, -0.15) is 0 Å². The van der Waals surface area contributed by atoms with E-state index in [1.807, 2.05) is 65.4 Å². The van der Waals surface area contributed by atoms with Crippen LogP contribution in [-0.4, -0.2) is 25.9 Å². The fourth-order valence-corrected chi connectivity index (χ4v) is 4.54. The highest BCUT2D eigenvalue weighted by Crippen LogP contribution is 2.28. The Morgan fingerprint density at radius 3 is 2.50 bits per heavy atom. The van der Waals surface area contributed by atoms with E-state index in [-0.39, 0.29) is 10.7 Å². The van der Waals surface area contributed by atoms with Gasteiger partial charge in [0.05, 0.1) is 21.6 Å². The summed E-state index contributed by atoms with van der Waals surface area (Å²) in [6.45, 7) is 1.30. The first-order valence-corrected chi connectivity index (χ1v) is 10.5. The van der Waals surface area contributed by atoms with Gasteiger partial charge in [-0.05, 0) is 36.4 Å². The van der Waals surface area contributed by atoms with E-state index in [1.165, 1.54) is 11.5 Å². The molecule has 0 aliphatic carbocycles. The number of aromatic nitrogens is 3. The summed E-state index contributed by atoms with van der Waals surface area (Å²) in [5, 5.41) is 3.49. The molecule has 0 radical (unpaired) electrons. The zero-order chi connectivity index (χ0) is 22.4. The maximum absolute atomic E-state index is 13.3. The number of carbonyl (C=O) groups is 2. The van der Waals surface area contributed by atoms with E-state index < -0.39 is 17.4 Å². The number of thiophene rings is 1. The lowest BCUT2D eigenvalue weighted by atomic mass is 10.2. The van der Waals surface area contributed by atoms with E-state index in [0.717, 1.165) is 27.9 Å². The van der Waals surface area contributed by atoms with Gasteiger partial charge >= 0.3 is 0 Å². The van der Waals surface area contributed by atoms with Crippen molar-refractivity contribution in [3.05, 3.63) is 82.1 Å². The van der Waals surface area contributed by atoms with Crippen molar-refractivity contribution in [3.63, 3.8) is 0 Å². The first-order valence-electron chi connectivity index (χ1n) is 9.73. The van der Waals surface area contributed by atoms with Crippen LogP contribution in [0.1, 0.15) is 16.6 Å². The van der Waals surface area contributed by atoms with Crippen LogP contribution >= 0.6 is 11.3 Å². The van der Waals surface area contributed by atoms with Gasteiger partial charge in [0.1, 0.15) is 4.83 Å². The van der Waals surface area contributed by atoms with Crippen LogP contribution in [0.2, 0.25) is 0 Å². The van der Waals surface area contributed by atoms with Gasteiger partial charge in [0.15, 0.2) is 0 Å². The lowest BCUT2D eigenvalue weighted by Gasteiger charge is -2.12. The molecule has 0 fully saturated rings. The van der Waals surface area contributed by atoms with E-state index >= 15 is 0 Å². The van der Waals surface area contributed by atoms with Crippen LogP contribution in [0.25, 0.3) is 32.6 Å². The SMILES string of the molecule is CC(=O)Nc1nc2sc(C(N)=O)cc2n(-c2ccc3ccn(-c4ccccc4)c3c2)c1=O. The molecule has 3 N–H and O–H groups in total. The summed E-state index contributed by atoms with van der Waals surface area (Å²) in [4.78, 5) is 41.6. The second-order valence-electron chi connectivity index (χ2n) is 7.21. The van der Waals surface area contributed by atoms with Gasteiger partial charge in [-0.1, -0.05) is 24.3 Å². The molecule has 2 aromatic carbocycles. The number of hydrogen-bond donors (Lipinski definition) is 2. The number of nitrogens with zero attached hydrogens (tertiary/aromatic N) is 3. The molecule has 2 amide bonds. The lowest BCUT2D eigenvalue weighted by Crippen LogP contribution is -2.25. The van der Waals surface area contributed by atoms with Crippen molar-refractivity contribution in [2.24, 2.45) is 5.73 Å². The van der Waals surface area contributed by atoms with Crippen molar-refractivity contribution in [2.45, 2.75) is 6.92 Å². The fourth-order valence-electron chi connectivity index (χ4n) is 3.67. The number of para-hydroxylation sites is 1. The quantitative estimate of drug-likeness (QED) is 0.443. The molecule has 9 heteroatoms. The summed E-state index contributed by atoms with van der Waals surface area (Å²) < 4.78 is 3.47. The molecule has 0 aliphatic heterocycles. The minimum Gasteiger partial charge on any atom is -0.365 e. The third-order valence-electron chi connectivity index (χ3n) is 5.06. The van der Waals surface area contributed by atoms with Gasteiger partial charge in [0.2, 0.25) is 11.7 Å². The second kappa shape index (κ2) is 7.47. The molecule has 8 nitrogen and oxygen atoms in total. The van der Waals surface area contributed by atoms with E-state index in [2.05, 4.69) is 10.3 Å². The van der Waals surface area contributed by atoms with Crippen molar-refractivity contribution in [1.82, 2.24) is 14.1 Å². The zero-order valence-corrected chi connectivity index (χ0v) is 17.7. The topological polar surface area (TPSA) is 112 Å². The Bertz CT molecular complexity index is 1580. The zero-order valence-electron chi connectivity index (χ0n) is 16.9. The molecule has 0 unspecified atom stereocenters. The highest BCUT2D eigenvalue weighted by molar-refractivity contribution is 7.20. The molecule has 158 valence electrons. The minimum atomic E-state index is -0.610. The largest absolute Gasteiger partial charge is 0.365 e. The highest BCUT2D eigenvalue weighted by Gasteiger charge is 2.18. The molecule has 0 bridgehead atoms. The molecule has 0 saturated heterocycles. The molecular formula is C23H17N5O3S. The van der Waals surface area contributed by atoms with Crippen molar-refractivity contribution in [1.29, 1.82) is 0 Å². The van der Waals surface area contributed by atoms with E-state index in [4.69, 9.17) is 5.73 Å². The van der Waals surface area contributed by atoms with Crippen LogP contribution in [0, 0.1) is 0 Å². The number of benzene rings is 2. The predicted molar refractivity (Wildman–Crippen MR) is 125 cm³/mol. The molecular weight excluding hydrogens is 426 g/mol. The van der Waals surface area contributed by atoms with Gasteiger partial charge in [-0.15, -0.1) is 11.3 Å². The number of primary amides is 1. The maximum Gasteiger partial charge on any atom is 0.298 e. The van der Waals surface area contributed by atoms with Gasteiger partial charge < -0.3 is 15.6 Å². The highest BCUT2D eigenvalue weighted by atomic mass is 32.1. The molecule has 0 atom stereocenters. The van der Waals surface area contributed by atoms with E-state index in [1.54, 1.807) is 6.07 Å². The monoisotopic (exact) mass is 443 g/mol. The normalized spacial score (nSPS) is 11.2. The number of nitrogens with one attached hydrogen (secondary N) is 1. The van der Waals surface area contributed by atoms with Crippen LogP contribution in [0.15, 0.2) is 71.7 Å². The molecule has 3 heterocycles. The molecule has 0 spiro atoms. The number of nitrogens with two attached hydrogens (primary N) is 1. The lowest BCUT2D eigenvalue weighted by molar-refractivity contribution is -0.114. The first-order chi connectivity index (χ1) is 15.4. The number of fused-ring (bicyclic) bond motifs is 2. The molecule has 0 saturated carbocycles. The summed E-state index contributed by atoms with van der Waals surface area (Å²) in [7, 11) is 0. The van der Waals surface area contributed by atoms with Gasteiger partial charge in [-0.3, -0.25) is 19.0 Å². The predicted octanol–water partition coefficient (Wildman–Crippen LogP) is 3.45. The molecule has 3 aromatic heterocycles. The van der Waals surface area contributed by atoms with E-state index in [9.17, 15) is 14.4 Å². The Morgan fingerprint density at radius 1 is 1.00 bits per heavy atom. The first kappa shape index (κ1) is 19.7. The van der Waals surface area contributed by atoms with Gasteiger partial charge in [0.25, 0.3) is 11.5 Å². The number of anilines is 1. The van der Waals surface area contributed by atoms with Crippen molar-refractivity contribution < 1.29 is 9.59 Å². The summed E-state index contributed by atoms with van der Waals surface area (Å²) in [5.41, 5.74) is 7.85. The van der Waals surface area contributed by atoms with Crippen molar-refractivity contribution in [3.8, 4) is 11.4 Å². The van der Waals surface area contributed by atoms with Gasteiger partial charge in [-0.25, -0.2) is 4.98 Å². The molecule has 5 rings (SSSR count). The fraction of sp³-hybridized carbons (Fsp3) is 0.0435. The van der Waals surface area contributed by atoms with Crippen molar-refractivity contribution in [2.75, 3.05) is 5.32 Å². The summed E-state index contributed by atoms with van der Waals surface area (Å²) in [6, 6.07) is 19.0. The Morgan fingerprint density at radius 2 is 1.78 bits per heavy atom. The van der Waals surface area contributed by atoms with Crippen molar-refractivity contribution >= 4 is 50.2 Å². The smallest absolute Gasteiger partial charge is 0.298 e. The number of amides is 2. The molecule has 32 heavy (non-hydrogen) atoms. The minimum absolute atomic E-state index is 0.110. The Labute approximate surface area is 185 Å². The number of hydrogen-bond acceptors (Lipinski definition) is 5. The molecule has 0 aliphatic rings. The van der Waals surface area contributed by atoms with Crippen LogP contribution in [0.5, 0.6) is 0 Å². The number of rotatable bonds is 4. The maximum atomic E-state index is 13.3. The Kier molecular flexibility index (Phi) is 4.60. The average Bonchev–Trinajstić information content (AvgIpc) is 3.38. The van der Waals surface area contributed by atoms with Crippen LogP contribution < -0.4 is 16.6 Å². The van der Waals surface area contributed by atoms with E-state index in [0.29, 0.717) is 16.0 Å². The Balaban J connectivity index is 1.80. The summed E-state index contributed by atoms with van der Waals surface area (Å²) in [6.07, 6.45) is 1.97. The second-order valence-corrected chi connectivity index (χ2v) is 8.24. The van der Waals surface area contributed by atoms with Crippen LogP contribution in [0.4, 0.5) is 5.82 Å². The van der Waals surface area contributed by atoms with Crippen LogP contribution in [-0.2, 0) is 4.79 Å². The summed E-state index contributed by atoms with van der Waals surface area (Å²) in [5.74, 6) is -1.14. The average molecular weight is 443 g/mol. The molecule has 5 aromatic rings. The Hall–Kier alpha value is -4.24. The number of carbonyl (C=O) groups excluding carboxylic acids is 2. The third-order valence-corrected chi connectivity index (χ3v) is 6.09. The third kappa shape index (κ3) is 3.25. The summed E-state index contributed by atoms with van der Waals surface area (Å²) >= 11 is 1.07. The van der Waals surface area contributed by atoms with Gasteiger partial charge in [0, 0.05) is 24.2 Å². The van der Waals surface area contributed by atoms with Crippen LogP contribution in [0.3, 0.4) is 0 Å².